The van der Waals surface area contributed by atoms with Crippen LogP contribution in [0.3, 0.4) is 0 Å². The van der Waals surface area contributed by atoms with Crippen LogP contribution in [0.2, 0.25) is 0 Å². The van der Waals surface area contributed by atoms with Crippen molar-refractivity contribution in [1.82, 2.24) is 25.3 Å². The summed E-state index contributed by atoms with van der Waals surface area (Å²) in [6, 6.07) is 9.07. The van der Waals surface area contributed by atoms with Crippen LogP contribution in [0.25, 0.3) is 5.82 Å². The Balaban J connectivity index is 1.51. The number of halogens is 1. The highest BCUT2D eigenvalue weighted by molar-refractivity contribution is 5.94. The third-order valence-corrected chi connectivity index (χ3v) is 4.34. The van der Waals surface area contributed by atoms with Crippen LogP contribution in [0.4, 0.5) is 10.2 Å². The Hall–Kier alpha value is -3.29. The lowest BCUT2D eigenvalue weighted by atomic mass is 10.2. The van der Waals surface area contributed by atoms with Gasteiger partial charge in [-0.3, -0.25) is 4.79 Å². The second kappa shape index (κ2) is 7.94. The number of hydrogen-bond acceptors (Lipinski definition) is 5. The Kier molecular flexibility index (Phi) is 5.44. The van der Waals surface area contributed by atoms with Crippen LogP contribution in [0, 0.1) is 26.6 Å². The summed E-state index contributed by atoms with van der Waals surface area (Å²) in [4.78, 5) is 11.9. The Morgan fingerprint density at radius 1 is 1.04 bits per heavy atom. The smallest absolute Gasteiger partial charge is 0.251 e. The zero-order valence-corrected chi connectivity index (χ0v) is 15.5. The van der Waals surface area contributed by atoms with Gasteiger partial charge in [0.1, 0.15) is 11.6 Å². The molecule has 0 fully saturated rings. The van der Waals surface area contributed by atoms with E-state index in [1.165, 1.54) is 24.3 Å². The van der Waals surface area contributed by atoms with Gasteiger partial charge >= 0.3 is 0 Å². The van der Waals surface area contributed by atoms with E-state index in [2.05, 4.69) is 25.9 Å². The van der Waals surface area contributed by atoms with Gasteiger partial charge in [-0.1, -0.05) is 0 Å². The van der Waals surface area contributed by atoms with E-state index in [9.17, 15) is 9.18 Å². The van der Waals surface area contributed by atoms with Gasteiger partial charge in [-0.05, 0) is 62.7 Å². The van der Waals surface area contributed by atoms with Gasteiger partial charge in [-0.25, -0.2) is 9.07 Å². The standard InChI is InChI=1S/C19H21FN6O/c1-12-13(2)25-26(14(12)3)18-9-8-17(23-24-18)21-10-11-22-19(27)15-4-6-16(20)7-5-15/h4-9H,10-11H2,1-3H3,(H,21,23)(H,22,27). The van der Waals surface area contributed by atoms with Gasteiger partial charge < -0.3 is 10.6 Å². The summed E-state index contributed by atoms with van der Waals surface area (Å²) in [6.45, 7) is 6.86. The first-order chi connectivity index (χ1) is 13.0. The summed E-state index contributed by atoms with van der Waals surface area (Å²) < 4.78 is 14.6. The summed E-state index contributed by atoms with van der Waals surface area (Å²) in [7, 11) is 0. The number of carbonyl (C=O) groups is 1. The topological polar surface area (TPSA) is 84.7 Å². The first-order valence-electron chi connectivity index (χ1n) is 8.60. The lowest BCUT2D eigenvalue weighted by Gasteiger charge is -2.08. The van der Waals surface area contributed by atoms with Crippen molar-refractivity contribution < 1.29 is 9.18 Å². The molecule has 27 heavy (non-hydrogen) atoms. The summed E-state index contributed by atoms with van der Waals surface area (Å²) in [5.41, 5.74) is 3.55. The van der Waals surface area contributed by atoms with E-state index in [0.29, 0.717) is 30.3 Å². The van der Waals surface area contributed by atoms with Gasteiger partial charge in [-0.2, -0.15) is 5.10 Å². The fourth-order valence-electron chi connectivity index (χ4n) is 2.55. The molecule has 7 nitrogen and oxygen atoms in total. The van der Waals surface area contributed by atoms with E-state index in [0.717, 1.165) is 17.0 Å². The molecule has 0 saturated carbocycles. The van der Waals surface area contributed by atoms with Gasteiger partial charge in [0.15, 0.2) is 5.82 Å². The van der Waals surface area contributed by atoms with Crippen LogP contribution in [-0.4, -0.2) is 39.0 Å². The maximum Gasteiger partial charge on any atom is 0.251 e. The first-order valence-corrected chi connectivity index (χ1v) is 8.60. The Morgan fingerprint density at radius 3 is 2.37 bits per heavy atom. The number of aromatic nitrogens is 4. The largest absolute Gasteiger partial charge is 0.367 e. The van der Waals surface area contributed by atoms with Gasteiger partial charge in [0.2, 0.25) is 0 Å². The SMILES string of the molecule is Cc1nn(-c2ccc(NCCNC(=O)c3ccc(F)cc3)nn2)c(C)c1C. The molecule has 1 aromatic carbocycles. The van der Waals surface area contributed by atoms with Gasteiger partial charge in [0.25, 0.3) is 5.91 Å². The van der Waals surface area contributed by atoms with E-state index >= 15 is 0 Å². The minimum atomic E-state index is -0.370. The van der Waals surface area contributed by atoms with Crippen LogP contribution in [-0.2, 0) is 0 Å². The van der Waals surface area contributed by atoms with E-state index in [1.54, 1.807) is 4.68 Å². The average Bonchev–Trinajstić information content (AvgIpc) is 2.93. The monoisotopic (exact) mass is 368 g/mol. The molecule has 0 bridgehead atoms. The Bertz CT molecular complexity index is 934. The van der Waals surface area contributed by atoms with Crippen LogP contribution < -0.4 is 10.6 Å². The molecule has 2 aromatic heterocycles. The summed E-state index contributed by atoms with van der Waals surface area (Å²) in [5.74, 6) is 0.635. The molecule has 0 radical (unpaired) electrons. The van der Waals surface area contributed by atoms with Crippen molar-refractivity contribution in [3.05, 3.63) is 64.7 Å². The number of carbonyl (C=O) groups excluding carboxylic acids is 1. The van der Waals surface area contributed by atoms with Gasteiger partial charge in [0.05, 0.1) is 5.69 Å². The van der Waals surface area contributed by atoms with E-state index < -0.39 is 0 Å². The number of benzene rings is 1. The highest BCUT2D eigenvalue weighted by Crippen LogP contribution is 2.15. The van der Waals surface area contributed by atoms with E-state index in [-0.39, 0.29) is 11.7 Å². The van der Waals surface area contributed by atoms with Crippen molar-refractivity contribution in [2.24, 2.45) is 0 Å². The maximum atomic E-state index is 12.9. The Labute approximate surface area is 156 Å². The molecule has 140 valence electrons. The second-order valence-electron chi connectivity index (χ2n) is 6.17. The summed E-state index contributed by atoms with van der Waals surface area (Å²) in [5, 5.41) is 18.7. The predicted octanol–water partition coefficient (Wildman–Crippen LogP) is 2.57. The zero-order chi connectivity index (χ0) is 19.4. The second-order valence-corrected chi connectivity index (χ2v) is 6.17. The molecule has 3 rings (SSSR count). The fraction of sp³-hybridized carbons (Fsp3) is 0.263. The third kappa shape index (κ3) is 4.28. The Morgan fingerprint density at radius 2 is 1.78 bits per heavy atom. The quantitative estimate of drug-likeness (QED) is 0.653. The van der Waals surface area contributed by atoms with Crippen LogP contribution in [0.15, 0.2) is 36.4 Å². The van der Waals surface area contributed by atoms with Crippen LogP contribution >= 0.6 is 0 Å². The number of nitrogens with zero attached hydrogens (tertiary/aromatic N) is 4. The summed E-state index contributed by atoms with van der Waals surface area (Å²) in [6.07, 6.45) is 0. The molecule has 0 aliphatic rings. The number of hydrogen-bond donors (Lipinski definition) is 2. The lowest BCUT2D eigenvalue weighted by Crippen LogP contribution is -2.28. The molecule has 0 aliphatic carbocycles. The van der Waals surface area contributed by atoms with Gasteiger partial charge in [0, 0.05) is 24.3 Å². The molecule has 2 N–H and O–H groups in total. The highest BCUT2D eigenvalue weighted by Gasteiger charge is 2.10. The third-order valence-electron chi connectivity index (χ3n) is 4.34. The van der Waals surface area contributed by atoms with Gasteiger partial charge in [-0.15, -0.1) is 10.2 Å². The molecule has 2 heterocycles. The zero-order valence-electron chi connectivity index (χ0n) is 15.5. The molecule has 0 unspecified atom stereocenters. The van der Waals surface area contributed by atoms with Crippen molar-refractivity contribution in [3.8, 4) is 5.82 Å². The first kappa shape index (κ1) is 18.5. The molecule has 0 atom stereocenters. The van der Waals surface area contributed by atoms with Crippen molar-refractivity contribution >= 4 is 11.7 Å². The van der Waals surface area contributed by atoms with Crippen molar-refractivity contribution in [2.45, 2.75) is 20.8 Å². The number of anilines is 1. The number of nitrogens with one attached hydrogen (secondary N) is 2. The van der Waals surface area contributed by atoms with Crippen molar-refractivity contribution in [2.75, 3.05) is 18.4 Å². The normalized spacial score (nSPS) is 10.7. The van der Waals surface area contributed by atoms with Crippen LogP contribution in [0.1, 0.15) is 27.3 Å². The molecule has 1 amide bonds. The highest BCUT2D eigenvalue weighted by atomic mass is 19.1. The minimum Gasteiger partial charge on any atom is -0.367 e. The maximum absolute atomic E-state index is 12.9. The predicted molar refractivity (Wildman–Crippen MR) is 101 cm³/mol. The van der Waals surface area contributed by atoms with Crippen molar-refractivity contribution in [1.29, 1.82) is 0 Å². The lowest BCUT2D eigenvalue weighted by molar-refractivity contribution is 0.0955. The molecule has 3 aromatic rings. The minimum absolute atomic E-state index is 0.252. The van der Waals surface area contributed by atoms with Crippen LogP contribution in [0.5, 0.6) is 0 Å². The molecule has 0 aliphatic heterocycles. The van der Waals surface area contributed by atoms with E-state index in [4.69, 9.17) is 0 Å². The van der Waals surface area contributed by atoms with E-state index in [1.807, 2.05) is 32.9 Å². The molecular weight excluding hydrogens is 347 g/mol. The fourth-order valence-corrected chi connectivity index (χ4v) is 2.55. The number of aryl methyl sites for hydroxylation is 1. The average molecular weight is 368 g/mol. The molecule has 0 spiro atoms. The molecule has 8 heteroatoms. The summed E-state index contributed by atoms with van der Waals surface area (Å²) >= 11 is 0. The number of amides is 1. The molecule has 0 saturated heterocycles. The van der Waals surface area contributed by atoms with Crippen molar-refractivity contribution in [3.63, 3.8) is 0 Å². The number of rotatable bonds is 6. The molecular formula is C19H21FN6O.